The summed E-state index contributed by atoms with van der Waals surface area (Å²) in [5, 5.41) is 26.1. The first-order valence-corrected chi connectivity index (χ1v) is 7.89. The predicted octanol–water partition coefficient (Wildman–Crippen LogP) is -0.311. The van der Waals surface area contributed by atoms with Crippen LogP contribution >= 0.6 is 0 Å². The predicted molar refractivity (Wildman–Crippen MR) is 88.1 cm³/mol. The highest BCUT2D eigenvalue weighted by Gasteiger charge is 2.26. The van der Waals surface area contributed by atoms with E-state index in [1.165, 1.54) is 0 Å². The van der Waals surface area contributed by atoms with E-state index < -0.39 is 36.6 Å². The lowest BCUT2D eigenvalue weighted by atomic mass is 10.2. The van der Waals surface area contributed by atoms with Gasteiger partial charge in [-0.05, 0) is 19.1 Å². The molecule has 2 atom stereocenters. The minimum absolute atomic E-state index is 0.109. The molecule has 0 radical (unpaired) electrons. The number of nitrogens with two attached hydrogens (primary N) is 1. The SMILES string of the molecule is Cc1ccc(-c2noc([C@H](CC(N)=O)NC(=O)N[C@H](CCO)C(=O)O)n2)o1. The largest absolute Gasteiger partial charge is 0.480 e. The number of aliphatic hydroxyl groups excluding tert-OH is 1. The third kappa shape index (κ3) is 5.54. The van der Waals surface area contributed by atoms with E-state index in [4.69, 9.17) is 24.9 Å². The van der Waals surface area contributed by atoms with Crippen molar-refractivity contribution in [1.82, 2.24) is 20.8 Å². The Morgan fingerprint density at radius 2 is 2.04 bits per heavy atom. The van der Waals surface area contributed by atoms with Crippen LogP contribution in [0, 0.1) is 6.92 Å². The van der Waals surface area contributed by atoms with E-state index in [9.17, 15) is 14.4 Å². The zero-order valence-electron chi connectivity index (χ0n) is 14.3. The first-order chi connectivity index (χ1) is 12.8. The van der Waals surface area contributed by atoms with Crippen molar-refractivity contribution in [3.05, 3.63) is 23.8 Å². The molecule has 0 saturated carbocycles. The van der Waals surface area contributed by atoms with Gasteiger partial charge in [-0.25, -0.2) is 9.59 Å². The number of amides is 3. The van der Waals surface area contributed by atoms with E-state index in [2.05, 4.69) is 20.8 Å². The molecule has 6 N–H and O–H groups in total. The number of aromatic nitrogens is 2. The molecule has 12 heteroatoms. The average Bonchev–Trinajstić information content (AvgIpc) is 3.22. The lowest BCUT2D eigenvalue weighted by molar-refractivity contribution is -0.139. The van der Waals surface area contributed by atoms with E-state index in [-0.39, 0.29) is 24.6 Å². The number of hydrogen-bond donors (Lipinski definition) is 5. The number of hydrogen-bond acceptors (Lipinski definition) is 8. The first kappa shape index (κ1) is 19.9. The second-order valence-corrected chi connectivity index (χ2v) is 5.61. The van der Waals surface area contributed by atoms with Crippen molar-refractivity contribution < 1.29 is 33.5 Å². The van der Waals surface area contributed by atoms with Gasteiger partial charge in [-0.15, -0.1) is 0 Å². The summed E-state index contributed by atoms with van der Waals surface area (Å²) < 4.78 is 10.4. The third-order valence-corrected chi connectivity index (χ3v) is 3.43. The molecule has 0 saturated heterocycles. The fraction of sp³-hybridized carbons (Fsp3) is 0.400. The first-order valence-electron chi connectivity index (χ1n) is 7.89. The number of furan rings is 1. The van der Waals surface area contributed by atoms with Crippen molar-refractivity contribution in [2.75, 3.05) is 6.61 Å². The molecule has 2 heterocycles. The molecule has 0 aliphatic rings. The molecule has 146 valence electrons. The zero-order chi connectivity index (χ0) is 20.0. The second-order valence-electron chi connectivity index (χ2n) is 5.61. The number of nitrogens with one attached hydrogen (secondary N) is 2. The van der Waals surface area contributed by atoms with E-state index in [0.717, 1.165) is 0 Å². The highest BCUT2D eigenvalue weighted by molar-refractivity contribution is 5.83. The number of aliphatic carboxylic acids is 1. The summed E-state index contributed by atoms with van der Waals surface area (Å²) in [6.45, 7) is 1.30. The van der Waals surface area contributed by atoms with Gasteiger partial charge in [0.1, 0.15) is 17.8 Å². The van der Waals surface area contributed by atoms with Gasteiger partial charge in [-0.3, -0.25) is 4.79 Å². The summed E-state index contributed by atoms with van der Waals surface area (Å²) in [5.74, 6) is -1.11. The van der Waals surface area contributed by atoms with E-state index >= 15 is 0 Å². The molecule has 2 aromatic rings. The lowest BCUT2D eigenvalue weighted by Crippen LogP contribution is -2.47. The van der Waals surface area contributed by atoms with Crippen LogP contribution in [0.15, 0.2) is 21.1 Å². The Balaban J connectivity index is 2.13. The summed E-state index contributed by atoms with van der Waals surface area (Å²) in [6, 6.07) is 0.0256. The van der Waals surface area contributed by atoms with E-state index in [0.29, 0.717) is 11.5 Å². The maximum atomic E-state index is 12.1. The van der Waals surface area contributed by atoms with E-state index in [1.54, 1.807) is 19.1 Å². The van der Waals surface area contributed by atoms with Gasteiger partial charge in [0.25, 0.3) is 0 Å². The van der Waals surface area contributed by atoms with Gasteiger partial charge in [-0.2, -0.15) is 4.98 Å². The van der Waals surface area contributed by atoms with Crippen LogP contribution in [-0.4, -0.2) is 50.9 Å². The van der Waals surface area contributed by atoms with Gasteiger partial charge in [-0.1, -0.05) is 5.16 Å². The summed E-state index contributed by atoms with van der Waals surface area (Å²) in [6.07, 6.45) is -0.546. The Bertz CT molecular complexity index is 815. The van der Waals surface area contributed by atoms with Gasteiger partial charge >= 0.3 is 12.0 Å². The molecule has 0 aromatic carbocycles. The van der Waals surface area contributed by atoms with Crippen molar-refractivity contribution in [3.8, 4) is 11.6 Å². The maximum absolute atomic E-state index is 12.1. The molecule has 27 heavy (non-hydrogen) atoms. The summed E-state index contributed by atoms with van der Waals surface area (Å²) in [5.41, 5.74) is 5.18. The summed E-state index contributed by atoms with van der Waals surface area (Å²) in [4.78, 5) is 38.5. The molecule has 12 nitrogen and oxygen atoms in total. The van der Waals surface area contributed by atoms with Crippen LogP contribution in [-0.2, 0) is 9.59 Å². The number of aliphatic hydroxyl groups is 1. The molecular formula is C15H19N5O7. The van der Waals surface area contributed by atoms with E-state index in [1.807, 2.05) is 0 Å². The van der Waals surface area contributed by atoms with Crippen LogP contribution < -0.4 is 16.4 Å². The number of primary amides is 1. The van der Waals surface area contributed by atoms with Gasteiger partial charge < -0.3 is 35.5 Å². The van der Waals surface area contributed by atoms with Crippen LogP contribution in [0.1, 0.15) is 30.5 Å². The maximum Gasteiger partial charge on any atom is 0.326 e. The quantitative estimate of drug-likeness (QED) is 0.387. The second kappa shape index (κ2) is 8.80. The minimum atomic E-state index is -1.32. The summed E-state index contributed by atoms with van der Waals surface area (Å²) in [7, 11) is 0. The average molecular weight is 381 g/mol. The fourth-order valence-corrected chi connectivity index (χ4v) is 2.18. The van der Waals surface area contributed by atoms with Gasteiger partial charge in [0.2, 0.25) is 17.6 Å². The normalized spacial score (nSPS) is 13.0. The van der Waals surface area contributed by atoms with Gasteiger partial charge in [0.15, 0.2) is 5.76 Å². The van der Waals surface area contributed by atoms with Gasteiger partial charge in [0, 0.05) is 13.0 Å². The molecule has 0 fully saturated rings. The van der Waals surface area contributed by atoms with Crippen molar-refractivity contribution in [1.29, 1.82) is 0 Å². The lowest BCUT2D eigenvalue weighted by Gasteiger charge is -2.17. The molecule has 0 spiro atoms. The number of rotatable bonds is 9. The highest BCUT2D eigenvalue weighted by Crippen LogP contribution is 2.22. The monoisotopic (exact) mass is 381 g/mol. The van der Waals surface area contributed by atoms with Crippen molar-refractivity contribution in [2.24, 2.45) is 5.73 Å². The number of carboxylic acids is 1. The highest BCUT2D eigenvalue weighted by atomic mass is 16.5. The number of carboxylic acid groups (broad SMARTS) is 1. The van der Waals surface area contributed by atoms with Crippen molar-refractivity contribution >= 4 is 17.9 Å². The molecule has 3 amide bonds. The topological polar surface area (TPSA) is 194 Å². The van der Waals surface area contributed by atoms with Crippen LogP contribution in [0.25, 0.3) is 11.6 Å². The van der Waals surface area contributed by atoms with Crippen LogP contribution in [0.5, 0.6) is 0 Å². The van der Waals surface area contributed by atoms with Crippen LogP contribution in [0.4, 0.5) is 4.79 Å². The number of urea groups is 1. The smallest absolute Gasteiger partial charge is 0.326 e. The standard InChI is InChI=1S/C15H19N5O7/c1-7-2-3-10(26-7)12-19-13(27-20-12)9(6-11(16)22)18-15(25)17-8(4-5-21)14(23)24/h2-3,8-9,21H,4-6H2,1H3,(H2,16,22)(H,23,24)(H2,17,18,25)/t8-,9+/m1/s1. The fourth-order valence-electron chi connectivity index (χ4n) is 2.18. The van der Waals surface area contributed by atoms with Crippen molar-refractivity contribution in [2.45, 2.75) is 31.8 Å². The number of carbonyl (C=O) groups is 3. The Hall–Kier alpha value is -3.41. The molecular weight excluding hydrogens is 362 g/mol. The Kier molecular flexibility index (Phi) is 6.49. The van der Waals surface area contributed by atoms with Crippen LogP contribution in [0.2, 0.25) is 0 Å². The molecule has 2 rings (SSSR count). The van der Waals surface area contributed by atoms with Crippen LogP contribution in [0.3, 0.4) is 0 Å². The molecule has 0 aliphatic carbocycles. The minimum Gasteiger partial charge on any atom is -0.480 e. The van der Waals surface area contributed by atoms with Gasteiger partial charge in [0.05, 0.1) is 6.42 Å². The molecule has 0 unspecified atom stereocenters. The molecule has 2 aromatic heterocycles. The zero-order valence-corrected chi connectivity index (χ0v) is 14.3. The van der Waals surface area contributed by atoms with Crippen molar-refractivity contribution in [3.63, 3.8) is 0 Å². The summed E-state index contributed by atoms with van der Waals surface area (Å²) >= 11 is 0. The number of carbonyl (C=O) groups excluding carboxylic acids is 2. The number of nitrogens with zero attached hydrogens (tertiary/aromatic N) is 2. The Labute approximate surface area is 152 Å². The molecule has 0 bridgehead atoms. The number of aryl methyl sites for hydroxylation is 1. The Morgan fingerprint density at radius 3 is 2.59 bits per heavy atom. The molecule has 0 aliphatic heterocycles. The Morgan fingerprint density at radius 1 is 1.30 bits per heavy atom. The third-order valence-electron chi connectivity index (χ3n) is 3.43.